The molecular formula is C19H16N2O2. The third-order valence-electron chi connectivity index (χ3n) is 3.01. The Hall–Kier alpha value is -3.37. The van der Waals surface area contributed by atoms with Crippen LogP contribution in [0.3, 0.4) is 0 Å². The molecule has 0 amide bonds. The van der Waals surface area contributed by atoms with Crippen molar-refractivity contribution in [2.75, 3.05) is 6.61 Å². The maximum atomic E-state index is 11.2. The number of rotatable bonds is 5. The van der Waals surface area contributed by atoms with Gasteiger partial charge in [-0.2, -0.15) is 10.5 Å². The molecule has 0 saturated heterocycles. The van der Waals surface area contributed by atoms with Gasteiger partial charge in [-0.05, 0) is 11.1 Å². The second-order valence-corrected chi connectivity index (χ2v) is 4.43. The molecule has 2 rings (SSSR count). The standard InChI is InChI=1S/C17H16O2.C2N2/c1-2-17(18)19-13-16(14-9-5-3-6-10-14)15-11-7-4-8-12-15;3-1-2-4/h2-12,16H,1,13H2;. The largest absolute Gasteiger partial charge is 0.462 e. The Balaban J connectivity index is 0.000000593. The third-order valence-corrected chi connectivity index (χ3v) is 3.01. The highest BCUT2D eigenvalue weighted by atomic mass is 16.5. The van der Waals surface area contributed by atoms with Crippen molar-refractivity contribution in [2.24, 2.45) is 0 Å². The smallest absolute Gasteiger partial charge is 0.330 e. The highest BCUT2D eigenvalue weighted by Gasteiger charge is 2.15. The maximum Gasteiger partial charge on any atom is 0.330 e. The molecule has 0 unspecified atom stereocenters. The zero-order valence-electron chi connectivity index (χ0n) is 12.6. The van der Waals surface area contributed by atoms with Gasteiger partial charge in [-0.25, -0.2) is 4.79 Å². The number of hydrogen-bond donors (Lipinski definition) is 0. The minimum absolute atomic E-state index is 0.0475. The Morgan fingerprint density at radius 1 is 1.00 bits per heavy atom. The van der Waals surface area contributed by atoms with Crippen molar-refractivity contribution in [3.63, 3.8) is 0 Å². The first-order chi connectivity index (χ1) is 11.2. The summed E-state index contributed by atoms with van der Waals surface area (Å²) in [6.07, 6.45) is 1.19. The number of nitriles is 2. The summed E-state index contributed by atoms with van der Waals surface area (Å²) in [5, 5.41) is 14.5. The van der Waals surface area contributed by atoms with E-state index in [1.807, 2.05) is 60.7 Å². The number of carbonyl (C=O) groups excluding carboxylic acids is 1. The summed E-state index contributed by atoms with van der Waals surface area (Å²) in [4.78, 5) is 11.2. The first-order valence-corrected chi connectivity index (χ1v) is 6.90. The lowest BCUT2D eigenvalue weighted by Gasteiger charge is -2.17. The lowest BCUT2D eigenvalue weighted by molar-refractivity contribution is -0.138. The van der Waals surface area contributed by atoms with E-state index < -0.39 is 5.97 Å². The van der Waals surface area contributed by atoms with E-state index in [0.717, 1.165) is 11.1 Å². The lowest BCUT2D eigenvalue weighted by atomic mass is 9.92. The average Bonchev–Trinajstić information content (AvgIpc) is 2.63. The van der Waals surface area contributed by atoms with Gasteiger partial charge < -0.3 is 4.74 Å². The monoisotopic (exact) mass is 304 g/mol. The second kappa shape index (κ2) is 10.4. The van der Waals surface area contributed by atoms with E-state index in [4.69, 9.17) is 15.3 Å². The fourth-order valence-corrected chi connectivity index (χ4v) is 1.98. The van der Waals surface area contributed by atoms with Gasteiger partial charge in [0.2, 0.25) is 0 Å². The van der Waals surface area contributed by atoms with Crippen LogP contribution in [0.15, 0.2) is 73.3 Å². The fraction of sp³-hybridized carbons (Fsp3) is 0.105. The summed E-state index contributed by atoms with van der Waals surface area (Å²) in [5.41, 5.74) is 2.26. The van der Waals surface area contributed by atoms with Crippen LogP contribution in [0.25, 0.3) is 0 Å². The van der Waals surface area contributed by atoms with E-state index in [9.17, 15) is 4.79 Å². The van der Waals surface area contributed by atoms with E-state index in [2.05, 4.69) is 6.58 Å². The van der Waals surface area contributed by atoms with E-state index in [1.54, 1.807) is 0 Å². The predicted octanol–water partition coefficient (Wildman–Crippen LogP) is 3.58. The van der Waals surface area contributed by atoms with Crippen molar-refractivity contribution in [1.29, 1.82) is 10.5 Å². The number of esters is 1. The third kappa shape index (κ3) is 6.29. The number of nitrogens with zero attached hydrogens (tertiary/aromatic N) is 2. The lowest BCUT2D eigenvalue weighted by Crippen LogP contribution is -2.12. The van der Waals surface area contributed by atoms with Crippen molar-refractivity contribution in [3.8, 4) is 12.1 Å². The Bertz CT molecular complexity index is 646. The van der Waals surface area contributed by atoms with Crippen LogP contribution in [0, 0.1) is 22.7 Å². The zero-order chi connectivity index (χ0) is 16.9. The SMILES string of the molecule is C=CC(=O)OCC(c1ccccc1)c1ccccc1.N#CC#N. The first-order valence-electron chi connectivity index (χ1n) is 6.90. The van der Waals surface area contributed by atoms with Crippen LogP contribution in [0.5, 0.6) is 0 Å². The molecule has 0 heterocycles. The molecule has 0 radical (unpaired) electrons. The first kappa shape index (κ1) is 17.7. The van der Waals surface area contributed by atoms with Gasteiger partial charge in [-0.15, -0.1) is 0 Å². The molecule has 2 aromatic rings. The molecule has 0 atom stereocenters. The van der Waals surface area contributed by atoms with Gasteiger partial charge in [0.1, 0.15) is 6.61 Å². The van der Waals surface area contributed by atoms with Gasteiger partial charge in [0, 0.05) is 12.0 Å². The minimum Gasteiger partial charge on any atom is -0.462 e. The molecule has 0 aliphatic rings. The molecule has 0 N–H and O–H groups in total. The van der Waals surface area contributed by atoms with Crippen LogP contribution in [0.4, 0.5) is 0 Å². The average molecular weight is 304 g/mol. The van der Waals surface area contributed by atoms with Crippen LogP contribution in [-0.4, -0.2) is 12.6 Å². The van der Waals surface area contributed by atoms with Crippen LogP contribution in [0.2, 0.25) is 0 Å². The zero-order valence-corrected chi connectivity index (χ0v) is 12.6. The molecule has 0 fully saturated rings. The Morgan fingerprint density at radius 3 is 1.78 bits per heavy atom. The summed E-state index contributed by atoms with van der Waals surface area (Å²) in [7, 11) is 0. The van der Waals surface area contributed by atoms with Gasteiger partial charge in [0.15, 0.2) is 12.1 Å². The topological polar surface area (TPSA) is 73.9 Å². The minimum atomic E-state index is -0.392. The maximum absolute atomic E-state index is 11.2. The number of benzene rings is 2. The number of carbonyl (C=O) groups is 1. The van der Waals surface area contributed by atoms with Gasteiger partial charge in [-0.3, -0.25) is 0 Å². The highest BCUT2D eigenvalue weighted by Crippen LogP contribution is 2.24. The molecule has 0 saturated carbocycles. The summed E-state index contributed by atoms with van der Waals surface area (Å²) >= 11 is 0. The van der Waals surface area contributed by atoms with Crippen molar-refractivity contribution in [1.82, 2.24) is 0 Å². The van der Waals surface area contributed by atoms with Crippen molar-refractivity contribution in [3.05, 3.63) is 84.4 Å². The second-order valence-electron chi connectivity index (χ2n) is 4.43. The van der Waals surface area contributed by atoms with Crippen molar-refractivity contribution in [2.45, 2.75) is 5.92 Å². The van der Waals surface area contributed by atoms with E-state index >= 15 is 0 Å². The Labute approximate surface area is 135 Å². The quantitative estimate of drug-likeness (QED) is 0.625. The molecule has 23 heavy (non-hydrogen) atoms. The molecule has 4 heteroatoms. The van der Waals surface area contributed by atoms with Gasteiger partial charge in [0.25, 0.3) is 0 Å². The normalized spacial score (nSPS) is 8.83. The van der Waals surface area contributed by atoms with E-state index in [1.165, 1.54) is 18.2 Å². The van der Waals surface area contributed by atoms with Crippen molar-refractivity contribution < 1.29 is 9.53 Å². The molecule has 0 bridgehead atoms. The summed E-state index contributed by atoms with van der Waals surface area (Å²) in [6.45, 7) is 3.73. The molecule has 0 aliphatic heterocycles. The number of ether oxygens (including phenoxy) is 1. The Kier molecular flexibility index (Phi) is 7.97. The highest BCUT2D eigenvalue weighted by molar-refractivity contribution is 5.81. The van der Waals surface area contributed by atoms with Crippen LogP contribution < -0.4 is 0 Å². The molecule has 2 aromatic carbocycles. The molecule has 0 aromatic heterocycles. The molecular weight excluding hydrogens is 288 g/mol. The van der Waals surface area contributed by atoms with Crippen molar-refractivity contribution >= 4 is 5.97 Å². The fourth-order valence-electron chi connectivity index (χ4n) is 1.98. The van der Waals surface area contributed by atoms with Gasteiger partial charge in [-0.1, -0.05) is 67.2 Å². The molecule has 0 spiro atoms. The number of hydrogen-bond acceptors (Lipinski definition) is 4. The van der Waals surface area contributed by atoms with E-state index in [-0.39, 0.29) is 5.92 Å². The summed E-state index contributed by atoms with van der Waals surface area (Å²) in [6, 6.07) is 22.5. The summed E-state index contributed by atoms with van der Waals surface area (Å²) in [5.74, 6) is -0.344. The van der Waals surface area contributed by atoms with Gasteiger partial charge >= 0.3 is 5.97 Å². The van der Waals surface area contributed by atoms with E-state index in [0.29, 0.717) is 6.61 Å². The summed E-state index contributed by atoms with van der Waals surface area (Å²) < 4.78 is 5.21. The molecule has 0 aliphatic carbocycles. The van der Waals surface area contributed by atoms with Crippen LogP contribution in [0.1, 0.15) is 17.0 Å². The van der Waals surface area contributed by atoms with Crippen LogP contribution >= 0.6 is 0 Å². The molecule has 4 nitrogen and oxygen atoms in total. The Morgan fingerprint density at radius 2 is 1.43 bits per heavy atom. The van der Waals surface area contributed by atoms with Gasteiger partial charge in [0.05, 0.1) is 0 Å². The molecule has 114 valence electrons. The van der Waals surface area contributed by atoms with Crippen LogP contribution in [-0.2, 0) is 9.53 Å². The predicted molar refractivity (Wildman–Crippen MR) is 87.1 cm³/mol.